The van der Waals surface area contributed by atoms with Crippen LogP contribution in [0.1, 0.15) is 5.69 Å². The summed E-state index contributed by atoms with van der Waals surface area (Å²) in [6.45, 7) is 0. The number of aromatic nitrogens is 1. The summed E-state index contributed by atoms with van der Waals surface area (Å²) < 4.78 is 0. The van der Waals surface area contributed by atoms with Gasteiger partial charge < -0.3 is 0 Å². The number of pyridine rings is 1. The third-order valence-corrected chi connectivity index (χ3v) is 2.62. The molecule has 1 aromatic rings. The standard InChI is InChI=1S/C6H3BrCl3N/c7-2-5-3(8)1-4(9)6(10)11-5/h1H,2H2. The minimum atomic E-state index is 0.283. The van der Waals surface area contributed by atoms with Gasteiger partial charge in [0.2, 0.25) is 0 Å². The summed E-state index contributed by atoms with van der Waals surface area (Å²) in [4.78, 5) is 3.95. The number of hydrogen-bond donors (Lipinski definition) is 0. The summed E-state index contributed by atoms with van der Waals surface area (Å²) in [5.74, 6) is 0. The van der Waals surface area contributed by atoms with Crippen LogP contribution in [0.4, 0.5) is 0 Å². The zero-order chi connectivity index (χ0) is 8.43. The Hall–Kier alpha value is 0.500. The van der Waals surface area contributed by atoms with E-state index in [4.69, 9.17) is 34.8 Å². The highest BCUT2D eigenvalue weighted by Crippen LogP contribution is 2.26. The average molecular weight is 275 g/mol. The predicted octanol–water partition coefficient (Wildman–Crippen LogP) is 3.94. The third-order valence-electron chi connectivity index (χ3n) is 1.09. The first-order valence-corrected chi connectivity index (χ1v) is 4.97. The van der Waals surface area contributed by atoms with Crippen molar-refractivity contribution in [3.05, 3.63) is 27.0 Å². The molecule has 11 heavy (non-hydrogen) atoms. The molecule has 0 bridgehead atoms. The van der Waals surface area contributed by atoms with E-state index in [2.05, 4.69) is 20.9 Å². The van der Waals surface area contributed by atoms with Gasteiger partial charge in [-0.2, -0.15) is 0 Å². The van der Waals surface area contributed by atoms with Crippen molar-refractivity contribution >= 4 is 50.7 Å². The summed E-state index contributed by atoms with van der Waals surface area (Å²) in [6, 6.07) is 1.58. The summed E-state index contributed by atoms with van der Waals surface area (Å²) in [5.41, 5.74) is 0.695. The van der Waals surface area contributed by atoms with Crippen LogP contribution in [0.5, 0.6) is 0 Å². The van der Waals surface area contributed by atoms with E-state index in [-0.39, 0.29) is 5.15 Å². The molecule has 0 unspecified atom stereocenters. The molecule has 0 amide bonds. The fraction of sp³-hybridized carbons (Fsp3) is 0.167. The van der Waals surface area contributed by atoms with Crippen LogP contribution in [0.2, 0.25) is 15.2 Å². The van der Waals surface area contributed by atoms with Gasteiger partial charge >= 0.3 is 0 Å². The maximum Gasteiger partial charge on any atom is 0.148 e. The second-order valence-electron chi connectivity index (χ2n) is 1.82. The topological polar surface area (TPSA) is 12.9 Å². The van der Waals surface area contributed by atoms with Crippen LogP contribution < -0.4 is 0 Å². The molecule has 0 aliphatic rings. The van der Waals surface area contributed by atoms with Gasteiger partial charge in [-0.15, -0.1) is 0 Å². The van der Waals surface area contributed by atoms with Crippen molar-refractivity contribution in [2.45, 2.75) is 5.33 Å². The quantitative estimate of drug-likeness (QED) is 0.559. The van der Waals surface area contributed by atoms with Gasteiger partial charge in [-0.3, -0.25) is 0 Å². The molecule has 1 nitrogen and oxygen atoms in total. The maximum absolute atomic E-state index is 5.77. The molecular formula is C6H3BrCl3N. The molecule has 0 spiro atoms. The lowest BCUT2D eigenvalue weighted by Crippen LogP contribution is -1.87. The van der Waals surface area contributed by atoms with E-state index in [1.165, 1.54) is 0 Å². The molecule has 5 heteroatoms. The molecule has 1 aromatic heterocycles. The Kier molecular flexibility index (Phi) is 3.44. The lowest BCUT2D eigenvalue weighted by Gasteiger charge is -2.00. The normalized spacial score (nSPS) is 10.2. The van der Waals surface area contributed by atoms with E-state index in [0.717, 1.165) is 0 Å². The molecular weight excluding hydrogens is 272 g/mol. The van der Waals surface area contributed by atoms with Crippen molar-refractivity contribution in [1.29, 1.82) is 0 Å². The molecule has 60 valence electrons. The highest BCUT2D eigenvalue weighted by Gasteiger charge is 2.05. The van der Waals surface area contributed by atoms with Crippen molar-refractivity contribution in [3.8, 4) is 0 Å². The summed E-state index contributed by atoms with van der Waals surface area (Å²) >= 11 is 20.3. The molecule has 0 atom stereocenters. The largest absolute Gasteiger partial charge is 0.237 e. The van der Waals surface area contributed by atoms with Crippen LogP contribution in [0, 0.1) is 0 Å². The lowest BCUT2D eigenvalue weighted by atomic mass is 10.4. The van der Waals surface area contributed by atoms with Gasteiger partial charge in [0.15, 0.2) is 0 Å². The van der Waals surface area contributed by atoms with E-state index in [0.29, 0.717) is 21.1 Å². The van der Waals surface area contributed by atoms with Crippen molar-refractivity contribution in [3.63, 3.8) is 0 Å². The molecule has 0 aromatic carbocycles. The van der Waals surface area contributed by atoms with Crippen LogP contribution in [0.3, 0.4) is 0 Å². The molecule has 0 saturated heterocycles. The van der Waals surface area contributed by atoms with Gasteiger partial charge in [0.25, 0.3) is 0 Å². The van der Waals surface area contributed by atoms with Crippen molar-refractivity contribution in [1.82, 2.24) is 4.98 Å². The highest BCUT2D eigenvalue weighted by atomic mass is 79.9. The van der Waals surface area contributed by atoms with Crippen LogP contribution in [0.25, 0.3) is 0 Å². The molecule has 0 radical (unpaired) electrons. The minimum absolute atomic E-state index is 0.283. The Morgan fingerprint density at radius 2 is 1.91 bits per heavy atom. The van der Waals surface area contributed by atoms with Crippen LogP contribution >= 0.6 is 50.7 Å². The molecule has 0 aliphatic carbocycles. The van der Waals surface area contributed by atoms with E-state index in [1.807, 2.05) is 0 Å². The molecule has 0 aliphatic heterocycles. The fourth-order valence-corrected chi connectivity index (χ4v) is 1.74. The number of hydrogen-bond acceptors (Lipinski definition) is 1. The Morgan fingerprint density at radius 1 is 1.27 bits per heavy atom. The Bertz CT molecular complexity index is 277. The first-order valence-electron chi connectivity index (χ1n) is 2.71. The average Bonchev–Trinajstić information content (AvgIpc) is 1.97. The van der Waals surface area contributed by atoms with Gasteiger partial charge in [0.1, 0.15) is 5.15 Å². The first kappa shape index (κ1) is 9.59. The summed E-state index contributed by atoms with van der Waals surface area (Å²) in [5, 5.41) is 1.76. The maximum atomic E-state index is 5.77. The number of rotatable bonds is 1. The zero-order valence-corrected chi connectivity index (χ0v) is 9.10. The molecule has 1 rings (SSSR count). The van der Waals surface area contributed by atoms with Gasteiger partial charge in [0, 0.05) is 5.33 Å². The number of alkyl halides is 1. The van der Waals surface area contributed by atoms with Crippen LogP contribution in [-0.2, 0) is 5.33 Å². The highest BCUT2D eigenvalue weighted by molar-refractivity contribution is 9.08. The monoisotopic (exact) mass is 273 g/mol. The van der Waals surface area contributed by atoms with Crippen molar-refractivity contribution < 1.29 is 0 Å². The lowest BCUT2D eigenvalue weighted by molar-refractivity contribution is 1.19. The van der Waals surface area contributed by atoms with Gasteiger partial charge in [-0.25, -0.2) is 4.98 Å². The van der Waals surface area contributed by atoms with Crippen molar-refractivity contribution in [2.24, 2.45) is 0 Å². The van der Waals surface area contributed by atoms with E-state index in [9.17, 15) is 0 Å². The zero-order valence-electron chi connectivity index (χ0n) is 5.24. The van der Waals surface area contributed by atoms with Crippen molar-refractivity contribution in [2.75, 3.05) is 0 Å². The smallest absolute Gasteiger partial charge is 0.148 e. The van der Waals surface area contributed by atoms with Gasteiger partial charge in [-0.05, 0) is 6.07 Å². The molecule has 1 heterocycles. The first-order chi connectivity index (χ1) is 5.15. The summed E-state index contributed by atoms with van der Waals surface area (Å²) in [6.07, 6.45) is 0. The minimum Gasteiger partial charge on any atom is -0.237 e. The van der Waals surface area contributed by atoms with E-state index >= 15 is 0 Å². The second-order valence-corrected chi connectivity index (χ2v) is 3.56. The second kappa shape index (κ2) is 3.94. The molecule has 0 fully saturated rings. The third kappa shape index (κ3) is 2.22. The molecule has 0 N–H and O–H groups in total. The van der Waals surface area contributed by atoms with Crippen LogP contribution in [-0.4, -0.2) is 4.98 Å². The Labute approximate surface area is 87.8 Å². The SMILES string of the molecule is Clc1cc(Cl)c(CBr)nc1Cl. The fourth-order valence-electron chi connectivity index (χ4n) is 0.573. The Morgan fingerprint density at radius 3 is 2.45 bits per heavy atom. The molecule has 0 saturated carbocycles. The van der Waals surface area contributed by atoms with Gasteiger partial charge in [0.05, 0.1) is 15.7 Å². The predicted molar refractivity (Wildman–Crippen MR) is 51.9 cm³/mol. The summed E-state index contributed by atoms with van der Waals surface area (Å²) in [7, 11) is 0. The number of nitrogens with zero attached hydrogens (tertiary/aromatic N) is 1. The van der Waals surface area contributed by atoms with Crippen LogP contribution in [0.15, 0.2) is 6.07 Å². The van der Waals surface area contributed by atoms with Gasteiger partial charge in [-0.1, -0.05) is 50.7 Å². The number of halogens is 4. The Balaban J connectivity index is 3.21. The van der Waals surface area contributed by atoms with E-state index in [1.54, 1.807) is 6.07 Å². The van der Waals surface area contributed by atoms with E-state index < -0.39 is 0 Å².